The van der Waals surface area contributed by atoms with Gasteiger partial charge in [-0.2, -0.15) is 4.98 Å². The van der Waals surface area contributed by atoms with E-state index in [1.807, 2.05) is 30.3 Å². The molecular formula is C19H17N5O4. The summed E-state index contributed by atoms with van der Waals surface area (Å²) in [5.41, 5.74) is 1.15. The van der Waals surface area contributed by atoms with Crippen LogP contribution in [0, 0.1) is 0 Å². The maximum Gasteiger partial charge on any atom is 0.341 e. The molecule has 0 amide bonds. The van der Waals surface area contributed by atoms with E-state index < -0.39 is 12.6 Å². The number of ether oxygens (including phenoxy) is 1. The Hall–Kier alpha value is -4.01. The lowest BCUT2D eigenvalue weighted by atomic mass is 10.2. The van der Waals surface area contributed by atoms with E-state index in [0.29, 0.717) is 22.9 Å². The molecule has 28 heavy (non-hydrogen) atoms. The third-order valence-corrected chi connectivity index (χ3v) is 3.54. The number of carbonyl (C=O) groups is 2. The average molecular weight is 379 g/mol. The van der Waals surface area contributed by atoms with Crippen molar-refractivity contribution in [3.05, 3.63) is 60.4 Å². The van der Waals surface area contributed by atoms with Crippen LogP contribution < -0.4 is 15.4 Å². The molecule has 0 saturated carbocycles. The van der Waals surface area contributed by atoms with Gasteiger partial charge >= 0.3 is 5.97 Å². The van der Waals surface area contributed by atoms with Crippen molar-refractivity contribution in [1.29, 1.82) is 0 Å². The first-order chi connectivity index (χ1) is 13.5. The molecule has 9 nitrogen and oxygen atoms in total. The topological polar surface area (TPSA) is 126 Å². The first kappa shape index (κ1) is 18.8. The number of para-hydroxylation sites is 1. The molecule has 0 aliphatic rings. The molecule has 3 aromatic rings. The van der Waals surface area contributed by atoms with Gasteiger partial charge in [0.2, 0.25) is 5.95 Å². The van der Waals surface area contributed by atoms with E-state index in [-0.39, 0.29) is 11.7 Å². The van der Waals surface area contributed by atoms with Crippen molar-refractivity contribution in [3.8, 4) is 5.75 Å². The standard InChI is InChI=1S/C19H17N5O4/c1-12(25)15-10-21-19(24-18(15)22-13-5-3-2-4-6-13)23-16-8-7-14(9-20-16)28-11-17(26)27/h2-10H,11H2,1H3,(H,26,27)(H2,20,21,22,23,24). The lowest BCUT2D eigenvalue weighted by Crippen LogP contribution is -2.10. The first-order valence-corrected chi connectivity index (χ1v) is 8.29. The number of rotatable bonds is 8. The van der Waals surface area contributed by atoms with Gasteiger partial charge in [0.15, 0.2) is 12.4 Å². The second-order valence-electron chi connectivity index (χ2n) is 5.69. The van der Waals surface area contributed by atoms with Crippen LogP contribution in [-0.2, 0) is 4.79 Å². The number of anilines is 4. The van der Waals surface area contributed by atoms with Crippen LogP contribution in [0.1, 0.15) is 17.3 Å². The fourth-order valence-corrected chi connectivity index (χ4v) is 2.25. The van der Waals surface area contributed by atoms with Crippen molar-refractivity contribution >= 4 is 35.0 Å². The summed E-state index contributed by atoms with van der Waals surface area (Å²) >= 11 is 0. The highest BCUT2D eigenvalue weighted by atomic mass is 16.5. The number of aliphatic carboxylic acids is 1. The van der Waals surface area contributed by atoms with Crippen LogP contribution in [0.4, 0.5) is 23.3 Å². The number of aromatic nitrogens is 3. The Kier molecular flexibility index (Phi) is 5.75. The normalized spacial score (nSPS) is 10.2. The molecule has 0 aliphatic carbocycles. The summed E-state index contributed by atoms with van der Waals surface area (Å²) in [7, 11) is 0. The van der Waals surface area contributed by atoms with Crippen LogP contribution in [0.3, 0.4) is 0 Å². The second kappa shape index (κ2) is 8.58. The number of carboxylic acids is 1. The van der Waals surface area contributed by atoms with Crippen LogP contribution >= 0.6 is 0 Å². The molecule has 1 aromatic carbocycles. The van der Waals surface area contributed by atoms with Gasteiger partial charge in [0.1, 0.15) is 17.4 Å². The Balaban J connectivity index is 1.77. The van der Waals surface area contributed by atoms with Gasteiger partial charge < -0.3 is 20.5 Å². The Morgan fingerprint density at radius 1 is 1.04 bits per heavy atom. The largest absolute Gasteiger partial charge is 0.480 e. The second-order valence-corrected chi connectivity index (χ2v) is 5.69. The molecule has 2 aromatic heterocycles. The van der Waals surface area contributed by atoms with Crippen LogP contribution in [0.2, 0.25) is 0 Å². The lowest BCUT2D eigenvalue weighted by Gasteiger charge is -2.11. The predicted molar refractivity (Wildman–Crippen MR) is 102 cm³/mol. The van der Waals surface area contributed by atoms with Gasteiger partial charge in [-0.3, -0.25) is 4.79 Å². The number of pyridine rings is 1. The summed E-state index contributed by atoms with van der Waals surface area (Å²) in [5.74, 6) is 0.145. The molecule has 0 unspecified atom stereocenters. The van der Waals surface area contributed by atoms with E-state index in [1.54, 1.807) is 12.1 Å². The Bertz CT molecular complexity index is 977. The van der Waals surface area contributed by atoms with E-state index >= 15 is 0 Å². The van der Waals surface area contributed by atoms with Crippen molar-refractivity contribution in [1.82, 2.24) is 15.0 Å². The summed E-state index contributed by atoms with van der Waals surface area (Å²) in [6.45, 7) is 0.998. The summed E-state index contributed by atoms with van der Waals surface area (Å²) in [6.07, 6.45) is 2.83. The zero-order chi connectivity index (χ0) is 19.9. The van der Waals surface area contributed by atoms with Gasteiger partial charge in [-0.15, -0.1) is 0 Å². The molecule has 0 bridgehead atoms. The molecule has 0 fully saturated rings. The monoisotopic (exact) mass is 379 g/mol. The molecule has 0 atom stereocenters. The van der Waals surface area contributed by atoms with Gasteiger partial charge in [-0.05, 0) is 31.2 Å². The quantitative estimate of drug-likeness (QED) is 0.506. The highest BCUT2D eigenvalue weighted by molar-refractivity contribution is 5.99. The van der Waals surface area contributed by atoms with E-state index in [9.17, 15) is 9.59 Å². The minimum Gasteiger partial charge on any atom is -0.480 e. The zero-order valence-corrected chi connectivity index (χ0v) is 14.9. The molecule has 142 valence electrons. The fraction of sp³-hybridized carbons (Fsp3) is 0.105. The molecule has 3 N–H and O–H groups in total. The number of nitrogens with one attached hydrogen (secondary N) is 2. The Morgan fingerprint density at radius 2 is 1.82 bits per heavy atom. The van der Waals surface area contributed by atoms with Crippen LogP contribution in [0.15, 0.2) is 54.9 Å². The Morgan fingerprint density at radius 3 is 2.46 bits per heavy atom. The third-order valence-electron chi connectivity index (χ3n) is 3.54. The van der Waals surface area contributed by atoms with E-state index in [0.717, 1.165) is 5.69 Å². The number of carboxylic acid groups (broad SMARTS) is 1. The number of carbonyl (C=O) groups excluding carboxylic acids is 1. The summed E-state index contributed by atoms with van der Waals surface area (Å²) < 4.78 is 5.03. The summed E-state index contributed by atoms with van der Waals surface area (Å²) in [6, 6.07) is 12.5. The van der Waals surface area contributed by atoms with Gasteiger partial charge in [0.05, 0.1) is 11.8 Å². The van der Waals surface area contributed by atoms with E-state index in [4.69, 9.17) is 9.84 Å². The smallest absolute Gasteiger partial charge is 0.341 e. The van der Waals surface area contributed by atoms with Crippen LogP contribution in [-0.4, -0.2) is 38.4 Å². The van der Waals surface area contributed by atoms with Gasteiger partial charge in [-0.1, -0.05) is 18.2 Å². The Labute approximate surface area is 160 Å². The number of Topliss-reactive ketones (excluding diaryl/α,β-unsaturated/α-hetero) is 1. The van der Waals surface area contributed by atoms with Crippen molar-refractivity contribution in [3.63, 3.8) is 0 Å². The van der Waals surface area contributed by atoms with Crippen LogP contribution in [0.25, 0.3) is 0 Å². The maximum atomic E-state index is 11.9. The van der Waals surface area contributed by atoms with Crippen LogP contribution in [0.5, 0.6) is 5.75 Å². The molecule has 0 radical (unpaired) electrons. The predicted octanol–water partition coefficient (Wildman–Crippen LogP) is 3.02. The highest BCUT2D eigenvalue weighted by Gasteiger charge is 2.12. The number of nitrogens with zero attached hydrogens (tertiary/aromatic N) is 3. The molecule has 2 heterocycles. The fourth-order valence-electron chi connectivity index (χ4n) is 2.25. The minimum absolute atomic E-state index is 0.164. The third kappa shape index (κ3) is 5.01. The molecule has 0 aliphatic heterocycles. The molecule has 3 rings (SSSR count). The van der Waals surface area contributed by atoms with Gasteiger partial charge in [-0.25, -0.2) is 14.8 Å². The highest BCUT2D eigenvalue weighted by Crippen LogP contribution is 2.22. The number of benzene rings is 1. The van der Waals surface area contributed by atoms with Crippen molar-refractivity contribution in [2.24, 2.45) is 0 Å². The molecule has 0 spiro atoms. The van der Waals surface area contributed by atoms with E-state index in [1.165, 1.54) is 19.3 Å². The zero-order valence-electron chi connectivity index (χ0n) is 14.9. The summed E-state index contributed by atoms with van der Waals surface area (Å²) in [4.78, 5) is 35.0. The SMILES string of the molecule is CC(=O)c1cnc(Nc2ccc(OCC(=O)O)cn2)nc1Nc1ccccc1. The number of ketones is 1. The van der Waals surface area contributed by atoms with Crippen molar-refractivity contribution in [2.45, 2.75) is 6.92 Å². The first-order valence-electron chi connectivity index (χ1n) is 8.29. The van der Waals surface area contributed by atoms with Gasteiger partial charge in [0, 0.05) is 11.9 Å². The minimum atomic E-state index is -1.07. The van der Waals surface area contributed by atoms with E-state index in [2.05, 4.69) is 25.6 Å². The van der Waals surface area contributed by atoms with Crippen molar-refractivity contribution in [2.75, 3.05) is 17.2 Å². The molecule has 0 saturated heterocycles. The lowest BCUT2D eigenvalue weighted by molar-refractivity contribution is -0.139. The average Bonchev–Trinajstić information content (AvgIpc) is 2.68. The van der Waals surface area contributed by atoms with Crippen molar-refractivity contribution < 1.29 is 19.4 Å². The van der Waals surface area contributed by atoms with Gasteiger partial charge in [0.25, 0.3) is 0 Å². The molecule has 9 heteroatoms. The number of hydrogen-bond donors (Lipinski definition) is 3. The maximum absolute atomic E-state index is 11.9. The molecular weight excluding hydrogens is 362 g/mol. The number of hydrogen-bond acceptors (Lipinski definition) is 8. The summed E-state index contributed by atoms with van der Waals surface area (Å²) in [5, 5.41) is 14.7.